The summed E-state index contributed by atoms with van der Waals surface area (Å²) in [5.74, 6) is -0.578. The Balaban J connectivity index is 1.65. The smallest absolute Gasteiger partial charge is 0.287 e. The molecule has 0 unspecified atom stereocenters. The molecule has 0 saturated carbocycles. The molecule has 0 spiro atoms. The first-order valence-electron chi connectivity index (χ1n) is 10.0. The lowest BCUT2D eigenvalue weighted by atomic mass is 10.1. The van der Waals surface area contributed by atoms with Gasteiger partial charge in [-0.15, -0.1) is 0 Å². The number of rotatable bonds is 9. The number of halogens is 2. The zero-order chi connectivity index (χ0) is 24.0. The Morgan fingerprint density at radius 2 is 1.85 bits per heavy atom. The number of aromatic nitrogens is 2. The molecular weight excluding hydrogens is 487 g/mol. The maximum Gasteiger partial charge on any atom is 0.287 e. The minimum atomic E-state index is -3.78. The molecule has 1 heterocycles. The number of hydrogen-bond acceptors (Lipinski definition) is 5. The number of hydrogen-bond donors (Lipinski definition) is 2. The molecule has 0 saturated heterocycles. The fourth-order valence-corrected chi connectivity index (χ4v) is 4.70. The zero-order valence-corrected chi connectivity index (χ0v) is 20.0. The highest BCUT2D eigenvalue weighted by Gasteiger charge is 2.18. The van der Waals surface area contributed by atoms with Crippen molar-refractivity contribution >= 4 is 44.8 Å². The topological polar surface area (TPSA) is 110 Å². The predicted octanol–water partition coefficient (Wildman–Crippen LogP) is 3.41. The van der Waals surface area contributed by atoms with Crippen LogP contribution in [0, 0.1) is 6.92 Å². The van der Waals surface area contributed by atoms with E-state index < -0.39 is 28.0 Å². The van der Waals surface area contributed by atoms with Crippen LogP contribution in [0.1, 0.15) is 17.5 Å². The van der Waals surface area contributed by atoms with Gasteiger partial charge in [-0.2, -0.15) is 5.10 Å². The molecule has 11 heteroatoms. The van der Waals surface area contributed by atoms with Gasteiger partial charge in [0.05, 0.1) is 16.1 Å². The Hall–Kier alpha value is -2.72. The van der Waals surface area contributed by atoms with Crippen LogP contribution in [0.3, 0.4) is 0 Å². The number of nitrogens with zero attached hydrogens (tertiary/aromatic N) is 2. The molecule has 1 aromatic heterocycles. The van der Waals surface area contributed by atoms with Crippen LogP contribution in [0.25, 0.3) is 0 Å². The van der Waals surface area contributed by atoms with E-state index in [9.17, 15) is 18.0 Å². The van der Waals surface area contributed by atoms with Crippen molar-refractivity contribution in [3.05, 3.63) is 86.3 Å². The SMILES string of the molecule is Cc1ccc(NC(=O)Cn2ncc(Cl)c(Cl)c2=O)cc1S(=O)(=O)NCCCc1ccccc1. The van der Waals surface area contributed by atoms with Crippen molar-refractivity contribution in [2.45, 2.75) is 31.2 Å². The standard InChI is InChI=1S/C22H22Cl2N4O4S/c1-15-9-10-17(27-20(29)14-28-22(30)21(24)18(23)13-25-28)12-19(15)33(31,32)26-11-5-8-16-6-3-2-4-7-16/h2-4,6-7,9-10,12-13,26H,5,8,11,14H2,1H3,(H,27,29). The summed E-state index contributed by atoms with van der Waals surface area (Å²) in [6, 6.07) is 14.3. The number of carbonyl (C=O) groups is 1. The van der Waals surface area contributed by atoms with Gasteiger partial charge in [-0.05, 0) is 43.0 Å². The van der Waals surface area contributed by atoms with Crippen molar-refractivity contribution in [3.63, 3.8) is 0 Å². The highest BCUT2D eigenvalue weighted by molar-refractivity contribution is 7.89. The molecule has 2 N–H and O–H groups in total. The second-order valence-corrected chi connectivity index (χ2v) is 9.81. The molecular formula is C22H22Cl2N4O4S. The first-order chi connectivity index (χ1) is 15.7. The van der Waals surface area contributed by atoms with Crippen LogP contribution in [0.5, 0.6) is 0 Å². The van der Waals surface area contributed by atoms with Gasteiger partial charge in [0.15, 0.2) is 0 Å². The lowest BCUT2D eigenvalue weighted by Crippen LogP contribution is -2.30. The third-order valence-corrected chi connectivity index (χ3v) is 7.13. The minimum absolute atomic E-state index is 0.0111. The Kier molecular flexibility index (Phi) is 8.25. The number of carbonyl (C=O) groups excluding carboxylic acids is 1. The summed E-state index contributed by atoms with van der Waals surface area (Å²) in [4.78, 5) is 24.5. The minimum Gasteiger partial charge on any atom is -0.324 e. The number of amides is 1. The number of benzene rings is 2. The van der Waals surface area contributed by atoms with E-state index in [2.05, 4.69) is 15.1 Å². The Morgan fingerprint density at radius 3 is 2.58 bits per heavy atom. The summed E-state index contributed by atoms with van der Waals surface area (Å²) in [5.41, 5.74) is 1.23. The number of anilines is 1. The molecule has 33 heavy (non-hydrogen) atoms. The van der Waals surface area contributed by atoms with Crippen LogP contribution in [-0.4, -0.2) is 30.7 Å². The molecule has 0 aliphatic rings. The van der Waals surface area contributed by atoms with E-state index in [1.165, 1.54) is 12.3 Å². The van der Waals surface area contributed by atoms with Crippen LogP contribution in [0.4, 0.5) is 5.69 Å². The Morgan fingerprint density at radius 1 is 1.12 bits per heavy atom. The van der Waals surface area contributed by atoms with Crippen molar-refractivity contribution in [1.82, 2.24) is 14.5 Å². The lowest BCUT2D eigenvalue weighted by molar-refractivity contribution is -0.117. The summed E-state index contributed by atoms with van der Waals surface area (Å²) in [7, 11) is -3.78. The van der Waals surface area contributed by atoms with Crippen molar-refractivity contribution in [2.24, 2.45) is 0 Å². The predicted molar refractivity (Wildman–Crippen MR) is 128 cm³/mol. The van der Waals surface area contributed by atoms with Crippen molar-refractivity contribution in [1.29, 1.82) is 0 Å². The van der Waals surface area contributed by atoms with Gasteiger partial charge in [0.2, 0.25) is 15.9 Å². The molecule has 0 bridgehead atoms. The van der Waals surface area contributed by atoms with Crippen molar-refractivity contribution < 1.29 is 13.2 Å². The molecule has 2 aromatic carbocycles. The fourth-order valence-electron chi connectivity index (χ4n) is 3.08. The quantitative estimate of drug-likeness (QED) is 0.430. The summed E-state index contributed by atoms with van der Waals surface area (Å²) in [6.45, 7) is 1.53. The molecule has 3 rings (SSSR count). The second-order valence-electron chi connectivity index (χ2n) is 7.28. The van der Waals surface area contributed by atoms with E-state index in [1.54, 1.807) is 19.1 Å². The average Bonchev–Trinajstić information content (AvgIpc) is 2.79. The summed E-state index contributed by atoms with van der Waals surface area (Å²) < 4.78 is 29.1. The van der Waals surface area contributed by atoms with E-state index in [0.717, 1.165) is 16.7 Å². The van der Waals surface area contributed by atoms with E-state index in [1.807, 2.05) is 30.3 Å². The molecule has 1 amide bonds. The lowest BCUT2D eigenvalue weighted by Gasteiger charge is -2.12. The maximum atomic E-state index is 12.8. The molecule has 0 fully saturated rings. The van der Waals surface area contributed by atoms with Gasteiger partial charge in [-0.1, -0.05) is 59.6 Å². The monoisotopic (exact) mass is 508 g/mol. The van der Waals surface area contributed by atoms with Crippen LogP contribution in [0.2, 0.25) is 10.0 Å². The van der Waals surface area contributed by atoms with Crippen LogP contribution >= 0.6 is 23.2 Å². The van der Waals surface area contributed by atoms with Gasteiger partial charge in [0.1, 0.15) is 11.6 Å². The first-order valence-corrected chi connectivity index (χ1v) is 12.3. The van der Waals surface area contributed by atoms with Gasteiger partial charge in [-0.25, -0.2) is 17.8 Å². The van der Waals surface area contributed by atoms with Gasteiger partial charge in [-0.3, -0.25) is 9.59 Å². The summed E-state index contributed by atoms with van der Waals surface area (Å²) in [5, 5.41) is 6.10. The summed E-state index contributed by atoms with van der Waals surface area (Å²) >= 11 is 11.5. The largest absolute Gasteiger partial charge is 0.324 e. The molecule has 0 aliphatic carbocycles. The molecule has 3 aromatic rings. The normalized spacial score (nSPS) is 11.4. The molecule has 0 aliphatic heterocycles. The number of sulfonamides is 1. The van der Waals surface area contributed by atoms with Gasteiger partial charge in [0, 0.05) is 12.2 Å². The molecule has 8 nitrogen and oxygen atoms in total. The van der Waals surface area contributed by atoms with Crippen LogP contribution < -0.4 is 15.6 Å². The van der Waals surface area contributed by atoms with Crippen molar-refractivity contribution in [3.8, 4) is 0 Å². The van der Waals surface area contributed by atoms with E-state index in [4.69, 9.17) is 23.2 Å². The fraction of sp³-hybridized carbons (Fsp3) is 0.227. The van der Waals surface area contributed by atoms with E-state index in [0.29, 0.717) is 12.0 Å². The van der Waals surface area contributed by atoms with E-state index >= 15 is 0 Å². The van der Waals surface area contributed by atoms with Gasteiger partial charge < -0.3 is 5.32 Å². The van der Waals surface area contributed by atoms with Crippen molar-refractivity contribution in [2.75, 3.05) is 11.9 Å². The highest BCUT2D eigenvalue weighted by atomic mass is 35.5. The molecule has 174 valence electrons. The Labute approximate surface area is 201 Å². The van der Waals surface area contributed by atoms with Crippen LogP contribution in [0.15, 0.2) is 64.4 Å². The van der Waals surface area contributed by atoms with Gasteiger partial charge >= 0.3 is 0 Å². The third-order valence-electron chi connectivity index (χ3n) is 4.77. The van der Waals surface area contributed by atoms with E-state index in [-0.39, 0.29) is 27.2 Å². The zero-order valence-electron chi connectivity index (χ0n) is 17.7. The van der Waals surface area contributed by atoms with Crippen LogP contribution in [-0.2, 0) is 27.8 Å². The highest BCUT2D eigenvalue weighted by Crippen LogP contribution is 2.20. The number of nitrogens with one attached hydrogen (secondary N) is 2. The van der Waals surface area contributed by atoms with Gasteiger partial charge in [0.25, 0.3) is 5.56 Å². The second kappa shape index (κ2) is 10.9. The average molecular weight is 509 g/mol. The summed E-state index contributed by atoms with van der Waals surface area (Å²) in [6.07, 6.45) is 2.56. The third kappa shape index (κ3) is 6.64. The molecule has 0 atom stereocenters. The molecule has 0 radical (unpaired) electrons. The Bertz CT molecular complexity index is 1310. The number of aryl methyl sites for hydroxylation is 2. The first kappa shape index (κ1) is 24.9. The maximum absolute atomic E-state index is 12.8.